The van der Waals surface area contributed by atoms with Gasteiger partial charge in [-0.05, 0) is 57.4 Å². The minimum Gasteiger partial charge on any atom is -0.352 e. The normalized spacial score (nSPS) is 13.1. The number of rotatable bonds is 10. The number of halogens is 1. The van der Waals surface area contributed by atoms with E-state index in [9.17, 15) is 18.0 Å². The summed E-state index contributed by atoms with van der Waals surface area (Å²) in [5.74, 6) is -0.784. The fourth-order valence-electron chi connectivity index (χ4n) is 3.29. The lowest BCUT2D eigenvalue weighted by Crippen LogP contribution is -2.52. The summed E-state index contributed by atoms with van der Waals surface area (Å²) in [5.41, 5.74) is 3.00. The number of carbonyl (C=O) groups is 2. The first kappa shape index (κ1) is 27.7. The predicted molar refractivity (Wildman–Crippen MR) is 137 cm³/mol. The fourth-order valence-corrected chi connectivity index (χ4v) is 4.31. The van der Waals surface area contributed by atoms with Gasteiger partial charge in [-0.25, -0.2) is 8.42 Å². The van der Waals surface area contributed by atoms with Gasteiger partial charge < -0.3 is 10.2 Å². The van der Waals surface area contributed by atoms with Crippen molar-refractivity contribution in [2.45, 2.75) is 59.7 Å². The van der Waals surface area contributed by atoms with E-state index in [4.69, 9.17) is 11.6 Å². The Morgan fingerprint density at radius 2 is 1.68 bits per heavy atom. The monoisotopic (exact) mass is 507 g/mol. The topological polar surface area (TPSA) is 86.8 Å². The molecule has 9 heteroatoms. The standard InChI is InChI=1S/C25H34ClN3O4S/c1-7-19(4)27-25(31)20(5)28(15-21-11-8-17(2)9-12-21)24(30)16-29(34(6,32)33)22-13-10-18(3)23(26)14-22/h8-14,19-20H,7,15-16H2,1-6H3,(H,27,31)/t19-,20-/m1/s1. The van der Waals surface area contributed by atoms with Crippen LogP contribution in [0.2, 0.25) is 5.02 Å². The molecule has 0 saturated carbocycles. The van der Waals surface area contributed by atoms with E-state index in [2.05, 4.69) is 5.32 Å². The molecule has 0 aromatic heterocycles. The maximum absolute atomic E-state index is 13.5. The Morgan fingerprint density at radius 3 is 2.21 bits per heavy atom. The van der Waals surface area contributed by atoms with Crippen LogP contribution in [-0.2, 0) is 26.2 Å². The van der Waals surface area contributed by atoms with E-state index in [1.807, 2.05) is 52.0 Å². The van der Waals surface area contributed by atoms with Gasteiger partial charge in [0.05, 0.1) is 11.9 Å². The number of nitrogens with zero attached hydrogens (tertiary/aromatic N) is 2. The Bertz CT molecular complexity index is 1120. The third-order valence-electron chi connectivity index (χ3n) is 5.76. The van der Waals surface area contributed by atoms with E-state index in [-0.39, 0.29) is 18.5 Å². The Labute approximate surface area is 208 Å². The summed E-state index contributed by atoms with van der Waals surface area (Å²) in [6.07, 6.45) is 1.79. The number of amides is 2. The molecule has 34 heavy (non-hydrogen) atoms. The number of nitrogens with one attached hydrogen (secondary N) is 1. The highest BCUT2D eigenvalue weighted by Gasteiger charge is 2.30. The number of sulfonamides is 1. The van der Waals surface area contributed by atoms with E-state index in [0.717, 1.165) is 33.7 Å². The van der Waals surface area contributed by atoms with Gasteiger partial charge in [0.15, 0.2) is 0 Å². The second-order valence-corrected chi connectivity index (χ2v) is 11.0. The van der Waals surface area contributed by atoms with Crippen molar-refractivity contribution in [2.75, 3.05) is 17.1 Å². The molecule has 186 valence electrons. The van der Waals surface area contributed by atoms with Gasteiger partial charge in [-0.2, -0.15) is 0 Å². The molecule has 2 aromatic carbocycles. The first-order chi connectivity index (χ1) is 15.8. The minimum absolute atomic E-state index is 0.0477. The summed E-state index contributed by atoms with van der Waals surface area (Å²) >= 11 is 6.21. The second kappa shape index (κ2) is 11.7. The molecule has 2 amide bonds. The molecule has 2 atom stereocenters. The fraction of sp³-hybridized carbons (Fsp3) is 0.440. The average molecular weight is 508 g/mol. The summed E-state index contributed by atoms with van der Waals surface area (Å²) in [6.45, 7) is 8.99. The molecule has 7 nitrogen and oxygen atoms in total. The van der Waals surface area contributed by atoms with Crippen molar-refractivity contribution >= 4 is 39.1 Å². The van der Waals surface area contributed by atoms with Crippen molar-refractivity contribution in [2.24, 2.45) is 0 Å². The van der Waals surface area contributed by atoms with Gasteiger partial charge in [-0.3, -0.25) is 13.9 Å². The maximum Gasteiger partial charge on any atom is 0.244 e. The molecule has 0 bridgehead atoms. The molecule has 0 heterocycles. The van der Waals surface area contributed by atoms with Crippen molar-refractivity contribution in [1.82, 2.24) is 10.2 Å². The van der Waals surface area contributed by atoms with Gasteiger partial charge in [-0.1, -0.05) is 54.4 Å². The molecular weight excluding hydrogens is 474 g/mol. The Morgan fingerprint density at radius 1 is 1.06 bits per heavy atom. The van der Waals surface area contributed by atoms with Crippen LogP contribution in [0.1, 0.15) is 43.9 Å². The highest BCUT2D eigenvalue weighted by atomic mass is 35.5. The zero-order valence-electron chi connectivity index (χ0n) is 20.6. The van der Waals surface area contributed by atoms with Crippen LogP contribution in [-0.4, -0.2) is 50.0 Å². The number of benzene rings is 2. The van der Waals surface area contributed by atoms with Crippen molar-refractivity contribution in [3.8, 4) is 0 Å². The van der Waals surface area contributed by atoms with E-state index >= 15 is 0 Å². The summed E-state index contributed by atoms with van der Waals surface area (Å²) < 4.78 is 26.2. The quantitative estimate of drug-likeness (QED) is 0.525. The van der Waals surface area contributed by atoms with Crippen LogP contribution < -0.4 is 9.62 Å². The van der Waals surface area contributed by atoms with Crippen molar-refractivity contribution in [3.05, 3.63) is 64.2 Å². The van der Waals surface area contributed by atoms with Crippen molar-refractivity contribution in [1.29, 1.82) is 0 Å². The zero-order chi connectivity index (χ0) is 25.6. The van der Waals surface area contributed by atoms with E-state index in [0.29, 0.717) is 10.7 Å². The second-order valence-electron chi connectivity index (χ2n) is 8.70. The van der Waals surface area contributed by atoms with Crippen LogP contribution in [0, 0.1) is 13.8 Å². The maximum atomic E-state index is 13.5. The molecule has 0 unspecified atom stereocenters. The number of anilines is 1. The third kappa shape index (κ3) is 7.46. The van der Waals surface area contributed by atoms with Crippen LogP contribution >= 0.6 is 11.6 Å². The molecule has 0 saturated heterocycles. The summed E-state index contributed by atoms with van der Waals surface area (Å²) in [5, 5.41) is 3.31. The summed E-state index contributed by atoms with van der Waals surface area (Å²) in [7, 11) is -3.80. The van der Waals surface area contributed by atoms with E-state index in [1.165, 1.54) is 11.0 Å². The lowest BCUT2D eigenvalue weighted by Gasteiger charge is -2.32. The summed E-state index contributed by atoms with van der Waals surface area (Å²) in [6, 6.07) is 11.6. The average Bonchev–Trinajstić information content (AvgIpc) is 2.77. The van der Waals surface area contributed by atoms with E-state index in [1.54, 1.807) is 19.1 Å². The zero-order valence-corrected chi connectivity index (χ0v) is 22.2. The first-order valence-corrected chi connectivity index (χ1v) is 13.4. The number of carbonyl (C=O) groups excluding carboxylic acids is 2. The molecular formula is C25H34ClN3O4S. The Kier molecular flexibility index (Phi) is 9.53. The molecule has 0 radical (unpaired) electrons. The highest BCUT2D eigenvalue weighted by Crippen LogP contribution is 2.25. The largest absolute Gasteiger partial charge is 0.352 e. The SMILES string of the molecule is CC[C@@H](C)NC(=O)[C@@H](C)N(Cc1ccc(C)cc1)C(=O)CN(c1ccc(C)c(Cl)c1)S(C)(=O)=O. The van der Waals surface area contributed by atoms with Gasteiger partial charge in [0.2, 0.25) is 21.8 Å². The van der Waals surface area contributed by atoms with Gasteiger partial charge in [-0.15, -0.1) is 0 Å². The lowest BCUT2D eigenvalue weighted by atomic mass is 10.1. The van der Waals surface area contributed by atoms with Gasteiger partial charge in [0.25, 0.3) is 0 Å². The first-order valence-electron chi connectivity index (χ1n) is 11.2. The summed E-state index contributed by atoms with van der Waals surface area (Å²) in [4.78, 5) is 27.8. The van der Waals surface area contributed by atoms with Crippen LogP contribution in [0.15, 0.2) is 42.5 Å². The van der Waals surface area contributed by atoms with Gasteiger partial charge >= 0.3 is 0 Å². The Hall–Kier alpha value is -2.58. The lowest BCUT2D eigenvalue weighted by molar-refractivity contribution is -0.139. The smallest absolute Gasteiger partial charge is 0.244 e. The Balaban J connectivity index is 2.39. The van der Waals surface area contributed by atoms with Gasteiger partial charge in [0.1, 0.15) is 12.6 Å². The predicted octanol–water partition coefficient (Wildman–Crippen LogP) is 4.05. The molecule has 0 aliphatic heterocycles. The number of aryl methyl sites for hydroxylation is 2. The molecule has 0 fully saturated rings. The van der Waals surface area contributed by atoms with Crippen molar-refractivity contribution in [3.63, 3.8) is 0 Å². The minimum atomic E-state index is -3.80. The molecule has 0 spiro atoms. The van der Waals surface area contributed by atoms with Crippen LogP contribution in [0.25, 0.3) is 0 Å². The van der Waals surface area contributed by atoms with Crippen molar-refractivity contribution < 1.29 is 18.0 Å². The third-order valence-corrected chi connectivity index (χ3v) is 7.31. The molecule has 2 aromatic rings. The van der Waals surface area contributed by atoms with E-state index < -0.39 is 28.5 Å². The highest BCUT2D eigenvalue weighted by molar-refractivity contribution is 7.92. The number of hydrogen-bond acceptors (Lipinski definition) is 4. The molecule has 2 rings (SSSR count). The number of hydrogen-bond donors (Lipinski definition) is 1. The van der Waals surface area contributed by atoms with Crippen LogP contribution in [0.3, 0.4) is 0 Å². The van der Waals surface area contributed by atoms with Crippen LogP contribution in [0.4, 0.5) is 5.69 Å². The molecule has 0 aliphatic rings. The molecule has 0 aliphatic carbocycles. The van der Waals surface area contributed by atoms with Crippen LogP contribution in [0.5, 0.6) is 0 Å². The van der Waals surface area contributed by atoms with Gasteiger partial charge in [0, 0.05) is 17.6 Å². The molecule has 1 N–H and O–H groups in total.